The van der Waals surface area contributed by atoms with Crippen molar-refractivity contribution >= 4 is 33.3 Å². The monoisotopic (exact) mass is 395 g/mol. The molecule has 3 rings (SSSR count). The van der Waals surface area contributed by atoms with Gasteiger partial charge in [0, 0.05) is 0 Å². The van der Waals surface area contributed by atoms with E-state index in [1.807, 2.05) is 5.48 Å². The van der Waals surface area contributed by atoms with E-state index in [9.17, 15) is 9.60 Å². The summed E-state index contributed by atoms with van der Waals surface area (Å²) in [6.07, 6.45) is 3.13. The van der Waals surface area contributed by atoms with E-state index in [0.717, 1.165) is 0 Å². The van der Waals surface area contributed by atoms with E-state index in [0.29, 0.717) is 23.7 Å². The van der Waals surface area contributed by atoms with Gasteiger partial charge in [-0.2, -0.15) is 10.3 Å². The normalized spacial score (nSPS) is 11.5. The summed E-state index contributed by atoms with van der Waals surface area (Å²) in [6, 6.07) is 4.21. The molecule has 0 saturated heterocycles. The molecule has 0 amide bonds. The van der Waals surface area contributed by atoms with Gasteiger partial charge in [0.1, 0.15) is 5.82 Å². The fraction of sp³-hybridized carbons (Fsp3) is 0.0833. The van der Waals surface area contributed by atoms with Crippen molar-refractivity contribution in [2.45, 2.75) is 6.54 Å². The van der Waals surface area contributed by atoms with Crippen LogP contribution >= 0.6 is 15.9 Å². The molecule has 0 atom stereocenters. The highest BCUT2D eigenvalue weighted by atomic mass is 79.9. The quantitative estimate of drug-likeness (QED) is 0.298. The highest BCUT2D eigenvalue weighted by Crippen LogP contribution is 2.22. The maximum Gasteiger partial charge on any atom is 0.248 e. The molecule has 1 aromatic carbocycles. The minimum atomic E-state index is -0.403. The van der Waals surface area contributed by atoms with Crippen LogP contribution in [0.2, 0.25) is 0 Å². The number of anilines is 1. The Bertz CT molecular complexity index is 848. The lowest BCUT2D eigenvalue weighted by Gasteiger charge is -2.05. The van der Waals surface area contributed by atoms with E-state index < -0.39 is 5.82 Å². The number of halogens is 2. The predicted octanol–water partition coefficient (Wildman–Crippen LogP) is 1.42. The molecule has 0 saturated carbocycles. The Kier molecular flexibility index (Phi) is 4.77. The molecule has 12 heteroatoms. The van der Waals surface area contributed by atoms with Crippen LogP contribution in [0.5, 0.6) is 0 Å². The van der Waals surface area contributed by atoms with Crippen molar-refractivity contribution in [3.63, 3.8) is 0 Å². The first-order valence-corrected chi connectivity index (χ1v) is 7.40. The molecule has 0 aliphatic heterocycles. The van der Waals surface area contributed by atoms with Crippen LogP contribution in [0.15, 0.2) is 40.1 Å². The second-order valence-electron chi connectivity index (χ2n) is 4.50. The molecule has 3 aromatic rings. The number of nitrogens with zero attached hydrogens (tertiary/aromatic N) is 6. The number of aromatic nitrogens is 6. The summed E-state index contributed by atoms with van der Waals surface area (Å²) >= 11 is 3.08. The zero-order valence-corrected chi connectivity index (χ0v) is 13.6. The minimum absolute atomic E-state index is 0.0427. The van der Waals surface area contributed by atoms with Gasteiger partial charge in [0.15, 0.2) is 5.82 Å². The molecule has 0 spiro atoms. The molecular formula is C12H11BrFN9O. The maximum absolute atomic E-state index is 13.2. The fourth-order valence-electron chi connectivity index (χ4n) is 1.77. The van der Waals surface area contributed by atoms with Crippen LogP contribution < -0.4 is 10.8 Å². The first-order chi connectivity index (χ1) is 11.7. The second-order valence-corrected chi connectivity index (χ2v) is 5.36. The third kappa shape index (κ3) is 3.72. The molecule has 2 heterocycles. The van der Waals surface area contributed by atoms with Crippen molar-refractivity contribution in [3.8, 4) is 0 Å². The highest BCUT2D eigenvalue weighted by Gasteiger charge is 2.07. The molecule has 0 unspecified atom stereocenters. The Morgan fingerprint density at radius 2 is 2.33 bits per heavy atom. The fourth-order valence-corrected chi connectivity index (χ4v) is 2.14. The first kappa shape index (κ1) is 16.0. The summed E-state index contributed by atoms with van der Waals surface area (Å²) in [7, 11) is 0. The number of nitrogens with one attached hydrogen (secondary N) is 3. The summed E-state index contributed by atoms with van der Waals surface area (Å²) in [4.78, 5) is 4.16. The van der Waals surface area contributed by atoms with Gasteiger partial charge in [-0.1, -0.05) is 5.21 Å². The molecule has 0 bridgehead atoms. The Balaban J connectivity index is 1.75. The summed E-state index contributed by atoms with van der Waals surface area (Å²) in [5.41, 5.74) is 3.04. The van der Waals surface area contributed by atoms with Crippen LogP contribution in [0.25, 0.3) is 0 Å². The average molecular weight is 396 g/mol. The van der Waals surface area contributed by atoms with E-state index in [4.69, 9.17) is 0 Å². The van der Waals surface area contributed by atoms with Crippen LogP contribution in [0.1, 0.15) is 5.82 Å². The number of aliphatic imine (C=N–C) groups is 1. The van der Waals surface area contributed by atoms with E-state index in [1.54, 1.807) is 6.20 Å². The number of rotatable bonds is 4. The standard InChI is InChI=1S/C12H11BrFN9O/c13-9-3-7(1-2-10(9)14)17-12(20-24)23-6-8(4-16-23)15-5-11-18-21-22-19-11/h1-4,6,15,24H,5H2,(H,17,20)(H,18,19,21,22). The number of benzene rings is 1. The van der Waals surface area contributed by atoms with Crippen molar-refractivity contribution in [3.05, 3.63) is 46.7 Å². The van der Waals surface area contributed by atoms with Gasteiger partial charge in [-0.15, -0.1) is 10.2 Å². The lowest BCUT2D eigenvalue weighted by Crippen LogP contribution is -2.27. The van der Waals surface area contributed by atoms with Crippen LogP contribution in [0.4, 0.5) is 15.8 Å². The number of tetrazole rings is 1. The minimum Gasteiger partial charge on any atom is -0.375 e. The van der Waals surface area contributed by atoms with Gasteiger partial charge in [-0.05, 0) is 34.1 Å². The van der Waals surface area contributed by atoms with Crippen molar-refractivity contribution in [1.82, 2.24) is 35.9 Å². The molecule has 4 N–H and O–H groups in total. The van der Waals surface area contributed by atoms with Crippen LogP contribution in [-0.2, 0) is 6.54 Å². The zero-order chi connectivity index (χ0) is 16.9. The van der Waals surface area contributed by atoms with E-state index >= 15 is 0 Å². The smallest absolute Gasteiger partial charge is 0.248 e. The molecule has 0 fully saturated rings. The van der Waals surface area contributed by atoms with Crippen molar-refractivity contribution < 1.29 is 9.60 Å². The largest absolute Gasteiger partial charge is 0.375 e. The first-order valence-electron chi connectivity index (χ1n) is 6.61. The number of hydroxylamine groups is 1. The Morgan fingerprint density at radius 1 is 1.46 bits per heavy atom. The van der Waals surface area contributed by atoms with Crippen molar-refractivity contribution in [2.24, 2.45) is 4.99 Å². The average Bonchev–Trinajstić information content (AvgIpc) is 3.25. The molecule has 124 valence electrons. The summed E-state index contributed by atoms with van der Waals surface area (Å²) in [6.45, 7) is 0.353. The number of H-pyrrole nitrogens is 1. The molecule has 0 aliphatic carbocycles. The summed E-state index contributed by atoms with van der Waals surface area (Å²) in [5.74, 6) is 0.133. The molecule has 0 aliphatic rings. The maximum atomic E-state index is 13.2. The predicted molar refractivity (Wildman–Crippen MR) is 85.2 cm³/mol. The second kappa shape index (κ2) is 7.14. The van der Waals surface area contributed by atoms with Crippen LogP contribution in [0, 0.1) is 5.82 Å². The molecule has 24 heavy (non-hydrogen) atoms. The van der Waals surface area contributed by atoms with Crippen LogP contribution in [-0.4, -0.2) is 41.6 Å². The number of hydrogen-bond donors (Lipinski definition) is 4. The lowest BCUT2D eigenvalue weighted by molar-refractivity contribution is 0.229. The van der Waals surface area contributed by atoms with E-state index in [1.165, 1.54) is 29.1 Å². The van der Waals surface area contributed by atoms with Gasteiger partial charge >= 0.3 is 0 Å². The van der Waals surface area contributed by atoms with Crippen molar-refractivity contribution in [1.29, 1.82) is 0 Å². The summed E-state index contributed by atoms with van der Waals surface area (Å²) < 4.78 is 14.8. The van der Waals surface area contributed by atoms with Gasteiger partial charge in [0.2, 0.25) is 5.96 Å². The number of hydrogen-bond acceptors (Lipinski definition) is 7. The van der Waals surface area contributed by atoms with Gasteiger partial charge in [-0.25, -0.2) is 19.5 Å². The SMILES string of the molecule is ONC(=Nc1ccc(F)c(Br)c1)n1cc(NCc2nn[nH]n2)cn1. The van der Waals surface area contributed by atoms with E-state index in [2.05, 4.69) is 52.0 Å². The Morgan fingerprint density at radius 3 is 3.04 bits per heavy atom. The van der Waals surface area contributed by atoms with Crippen molar-refractivity contribution in [2.75, 3.05) is 5.32 Å². The molecule has 0 radical (unpaired) electrons. The van der Waals surface area contributed by atoms with Gasteiger partial charge in [0.25, 0.3) is 0 Å². The highest BCUT2D eigenvalue weighted by molar-refractivity contribution is 9.10. The zero-order valence-electron chi connectivity index (χ0n) is 12.0. The van der Waals surface area contributed by atoms with Gasteiger partial charge in [-0.3, -0.25) is 5.21 Å². The third-order valence-corrected chi connectivity index (χ3v) is 3.49. The topological polar surface area (TPSA) is 129 Å². The Labute approximate surface area is 142 Å². The molecular weight excluding hydrogens is 385 g/mol. The summed E-state index contributed by atoms with van der Waals surface area (Å²) in [5, 5.41) is 29.8. The third-order valence-electron chi connectivity index (χ3n) is 2.88. The van der Waals surface area contributed by atoms with E-state index in [-0.39, 0.29) is 10.4 Å². The van der Waals surface area contributed by atoms with Crippen LogP contribution in [0.3, 0.4) is 0 Å². The molecule has 10 nitrogen and oxygen atoms in total. The number of aromatic amines is 1. The van der Waals surface area contributed by atoms with Gasteiger partial charge < -0.3 is 5.32 Å². The van der Waals surface area contributed by atoms with Gasteiger partial charge in [0.05, 0.1) is 34.8 Å². The molecule has 2 aromatic heterocycles. The Hall–Kier alpha value is -2.86. The lowest BCUT2D eigenvalue weighted by atomic mass is 10.3.